The first-order valence-corrected chi connectivity index (χ1v) is 12.7. The second-order valence-corrected chi connectivity index (χ2v) is 9.18. The van der Waals surface area contributed by atoms with E-state index in [1.54, 1.807) is 30.5 Å². The molecule has 2 amide bonds. The smallest absolute Gasteiger partial charge is 0.405 e. The van der Waals surface area contributed by atoms with Crippen LogP contribution in [0.15, 0.2) is 72.9 Å². The molecule has 1 unspecified atom stereocenters. The van der Waals surface area contributed by atoms with Crippen molar-refractivity contribution in [1.29, 1.82) is 5.26 Å². The fourth-order valence-corrected chi connectivity index (χ4v) is 4.40. The van der Waals surface area contributed by atoms with Gasteiger partial charge in [-0.1, -0.05) is 36.4 Å². The van der Waals surface area contributed by atoms with Gasteiger partial charge in [-0.15, -0.1) is 13.2 Å². The van der Waals surface area contributed by atoms with Crippen LogP contribution in [-0.4, -0.2) is 49.5 Å². The van der Waals surface area contributed by atoms with Gasteiger partial charge in [-0.05, 0) is 53.4 Å². The van der Waals surface area contributed by atoms with Crippen molar-refractivity contribution in [3.8, 4) is 22.9 Å². The first kappa shape index (κ1) is 29.2. The van der Waals surface area contributed by atoms with Gasteiger partial charge in [0.1, 0.15) is 5.75 Å². The van der Waals surface area contributed by atoms with Crippen LogP contribution in [0, 0.1) is 11.3 Å². The Kier molecular flexibility index (Phi) is 9.26. The molecule has 3 aromatic carbocycles. The van der Waals surface area contributed by atoms with Gasteiger partial charge in [0.15, 0.2) is 0 Å². The molecule has 0 aliphatic rings. The van der Waals surface area contributed by atoms with Crippen molar-refractivity contribution < 1.29 is 32.2 Å². The predicted octanol–water partition coefficient (Wildman–Crippen LogP) is 5.36. The molecule has 3 N–H and O–H groups in total. The van der Waals surface area contributed by atoms with Gasteiger partial charge < -0.3 is 25.1 Å². The number of ether oxygens (including phenoxy) is 2. The third-order valence-electron chi connectivity index (χ3n) is 6.34. The van der Waals surface area contributed by atoms with Gasteiger partial charge in [0.25, 0.3) is 11.8 Å². The number of methoxy groups -OCH3 is 1. The second kappa shape index (κ2) is 13.0. The number of carbonyl (C=O) groups is 2. The summed E-state index contributed by atoms with van der Waals surface area (Å²) in [4.78, 5) is 28.7. The van der Waals surface area contributed by atoms with Crippen molar-refractivity contribution in [2.75, 3.05) is 20.3 Å². The number of aromatic nitrogens is 1. The molecule has 0 fully saturated rings. The van der Waals surface area contributed by atoms with E-state index in [9.17, 15) is 28.0 Å². The summed E-state index contributed by atoms with van der Waals surface area (Å²) >= 11 is 0. The normalized spacial score (nSPS) is 12.0. The van der Waals surface area contributed by atoms with Crippen LogP contribution < -0.4 is 15.4 Å². The highest BCUT2D eigenvalue weighted by atomic mass is 19.4. The molecule has 0 saturated carbocycles. The van der Waals surface area contributed by atoms with Crippen LogP contribution >= 0.6 is 0 Å². The Morgan fingerprint density at radius 3 is 2.46 bits per heavy atom. The summed E-state index contributed by atoms with van der Waals surface area (Å²) in [6.45, 7) is 0.696. The largest absolute Gasteiger partial charge is 0.573 e. The summed E-state index contributed by atoms with van der Waals surface area (Å²) in [5.41, 5.74) is 2.78. The van der Waals surface area contributed by atoms with Gasteiger partial charge in [0.05, 0.1) is 24.7 Å². The number of carbonyl (C=O) groups excluding carboxylic acids is 2. The lowest BCUT2D eigenvalue weighted by molar-refractivity contribution is -0.274. The fourth-order valence-electron chi connectivity index (χ4n) is 4.40. The summed E-state index contributed by atoms with van der Waals surface area (Å²) in [5, 5.41) is 15.7. The number of amides is 2. The van der Waals surface area contributed by atoms with Crippen molar-refractivity contribution in [3.63, 3.8) is 0 Å². The number of benzene rings is 3. The van der Waals surface area contributed by atoms with E-state index >= 15 is 0 Å². The Morgan fingerprint density at radius 2 is 1.76 bits per heavy atom. The van der Waals surface area contributed by atoms with Crippen LogP contribution in [-0.2, 0) is 11.2 Å². The molecule has 11 heteroatoms. The zero-order chi connectivity index (χ0) is 29.4. The molecule has 41 heavy (non-hydrogen) atoms. The maximum Gasteiger partial charge on any atom is 0.573 e. The molecule has 1 atom stereocenters. The average molecular weight is 565 g/mol. The minimum atomic E-state index is -5.02. The van der Waals surface area contributed by atoms with E-state index in [2.05, 4.69) is 20.4 Å². The topological polar surface area (TPSA) is 116 Å². The van der Waals surface area contributed by atoms with Crippen molar-refractivity contribution in [3.05, 3.63) is 89.6 Å². The molecule has 0 radical (unpaired) electrons. The number of H-pyrrole nitrogens is 1. The molecular formula is C30H27F3N4O4. The van der Waals surface area contributed by atoms with E-state index in [1.807, 2.05) is 30.3 Å². The van der Waals surface area contributed by atoms with Crippen molar-refractivity contribution in [2.24, 2.45) is 0 Å². The number of nitrogens with one attached hydrogen (secondary N) is 3. The van der Waals surface area contributed by atoms with Crippen LogP contribution in [0.2, 0.25) is 0 Å². The minimum Gasteiger partial charge on any atom is -0.405 e. The van der Waals surface area contributed by atoms with Crippen molar-refractivity contribution in [1.82, 2.24) is 15.6 Å². The van der Waals surface area contributed by atoms with E-state index in [4.69, 9.17) is 4.74 Å². The Morgan fingerprint density at radius 1 is 1.02 bits per heavy atom. The zero-order valence-corrected chi connectivity index (χ0v) is 22.0. The zero-order valence-electron chi connectivity index (χ0n) is 22.0. The van der Waals surface area contributed by atoms with E-state index in [-0.39, 0.29) is 24.3 Å². The molecule has 0 bridgehead atoms. The van der Waals surface area contributed by atoms with E-state index < -0.39 is 24.1 Å². The number of nitriles is 1. The summed E-state index contributed by atoms with van der Waals surface area (Å²) in [6.07, 6.45) is -3.02. The average Bonchev–Trinajstić information content (AvgIpc) is 3.35. The number of nitrogens with zero attached hydrogens (tertiary/aromatic N) is 1. The standard InChI is InChI=1S/C30H27F3N4O4/c1-40-15-14-35-28(38)20-8-6-19(7-9-20)21-10-11-27(41-30(31,32)33)25(17-21)29(39)37-23(12-13-34)16-22-18-36-26-5-3-2-4-24(22)26/h2-11,17-18,23,36H,12,14-16H2,1H3,(H,35,38)(H,37,39). The minimum absolute atomic E-state index is 0.0612. The molecule has 4 rings (SSSR count). The lowest BCUT2D eigenvalue weighted by Gasteiger charge is -2.19. The SMILES string of the molecule is COCCNC(=O)c1ccc(-c2ccc(OC(F)(F)F)c(C(=O)NC(CC#N)Cc3c[nH]c4ccccc34)c2)cc1. The van der Waals surface area contributed by atoms with Crippen molar-refractivity contribution in [2.45, 2.75) is 25.2 Å². The van der Waals surface area contributed by atoms with Gasteiger partial charge in [-0.3, -0.25) is 9.59 Å². The summed E-state index contributed by atoms with van der Waals surface area (Å²) in [6, 6.07) is 19.0. The number of alkyl halides is 3. The molecular weight excluding hydrogens is 537 g/mol. The predicted molar refractivity (Wildman–Crippen MR) is 146 cm³/mol. The lowest BCUT2D eigenvalue weighted by atomic mass is 9.99. The van der Waals surface area contributed by atoms with Gasteiger partial charge in [-0.2, -0.15) is 5.26 Å². The quantitative estimate of drug-likeness (QED) is 0.212. The number of halogens is 3. The highest BCUT2D eigenvalue weighted by molar-refractivity contribution is 5.99. The van der Waals surface area contributed by atoms with Crippen molar-refractivity contribution >= 4 is 22.7 Å². The van der Waals surface area contributed by atoms with Crippen LogP contribution in [0.25, 0.3) is 22.0 Å². The van der Waals surface area contributed by atoms with E-state index in [0.717, 1.165) is 22.5 Å². The van der Waals surface area contributed by atoms with E-state index in [1.165, 1.54) is 19.2 Å². The fraction of sp³-hybridized carbons (Fsp3) is 0.233. The third kappa shape index (κ3) is 7.64. The summed E-state index contributed by atoms with van der Waals surface area (Å²) in [7, 11) is 1.52. The van der Waals surface area contributed by atoms with Gasteiger partial charge in [0, 0.05) is 42.4 Å². The Hall–Kier alpha value is -4.82. The summed E-state index contributed by atoms with van der Waals surface area (Å²) < 4.78 is 48.6. The van der Waals surface area contributed by atoms with Crippen LogP contribution in [0.1, 0.15) is 32.7 Å². The van der Waals surface area contributed by atoms with Crippen LogP contribution in [0.5, 0.6) is 5.75 Å². The summed E-state index contributed by atoms with van der Waals surface area (Å²) in [5.74, 6) is -1.79. The van der Waals surface area contributed by atoms with Gasteiger partial charge in [0.2, 0.25) is 0 Å². The molecule has 1 heterocycles. The monoisotopic (exact) mass is 564 g/mol. The second-order valence-electron chi connectivity index (χ2n) is 9.18. The maximum absolute atomic E-state index is 13.3. The highest BCUT2D eigenvalue weighted by Gasteiger charge is 2.33. The Bertz CT molecular complexity index is 1560. The number of rotatable bonds is 11. The molecule has 1 aromatic heterocycles. The number of hydrogen-bond donors (Lipinski definition) is 3. The first-order valence-electron chi connectivity index (χ1n) is 12.7. The molecule has 0 spiro atoms. The van der Waals surface area contributed by atoms with Gasteiger partial charge >= 0.3 is 6.36 Å². The number of aromatic amines is 1. The molecule has 0 aliphatic carbocycles. The molecule has 212 valence electrons. The molecule has 8 nitrogen and oxygen atoms in total. The number of para-hydroxylation sites is 1. The van der Waals surface area contributed by atoms with Crippen LogP contribution in [0.3, 0.4) is 0 Å². The lowest BCUT2D eigenvalue weighted by Crippen LogP contribution is -2.36. The number of hydrogen-bond acceptors (Lipinski definition) is 5. The first-order chi connectivity index (χ1) is 19.7. The molecule has 0 aliphatic heterocycles. The number of fused-ring (bicyclic) bond motifs is 1. The Labute approximate surface area is 234 Å². The van der Waals surface area contributed by atoms with E-state index in [0.29, 0.717) is 29.8 Å². The molecule has 0 saturated heterocycles. The third-order valence-corrected chi connectivity index (χ3v) is 6.34. The molecule has 4 aromatic rings. The van der Waals surface area contributed by atoms with Crippen LogP contribution in [0.4, 0.5) is 13.2 Å². The Balaban J connectivity index is 1.59. The van der Waals surface area contributed by atoms with Gasteiger partial charge in [-0.25, -0.2) is 0 Å². The maximum atomic E-state index is 13.3. The highest BCUT2D eigenvalue weighted by Crippen LogP contribution is 2.31.